The lowest BCUT2D eigenvalue weighted by molar-refractivity contribution is -0.131. The van der Waals surface area contributed by atoms with Gasteiger partial charge in [-0.25, -0.2) is 0 Å². The maximum Gasteiger partial charge on any atom is 0.241 e. The number of rotatable bonds is 4. The van der Waals surface area contributed by atoms with Crippen LogP contribution in [-0.2, 0) is 11.3 Å². The lowest BCUT2D eigenvalue weighted by Gasteiger charge is -2.34. The smallest absolute Gasteiger partial charge is 0.241 e. The van der Waals surface area contributed by atoms with Crippen LogP contribution in [0.4, 0.5) is 0 Å². The number of phenols is 1. The van der Waals surface area contributed by atoms with Gasteiger partial charge in [-0.2, -0.15) is 0 Å². The number of methoxy groups -OCH3 is 1. The Labute approximate surface area is 153 Å². The Bertz CT molecular complexity index is 793. The second kappa shape index (κ2) is 7.00. The summed E-state index contributed by atoms with van der Waals surface area (Å²) in [7, 11) is 1.54. The van der Waals surface area contributed by atoms with E-state index >= 15 is 0 Å². The quantitative estimate of drug-likeness (QED) is 0.917. The summed E-state index contributed by atoms with van der Waals surface area (Å²) >= 11 is 0. The van der Waals surface area contributed by atoms with E-state index in [4.69, 9.17) is 4.74 Å². The van der Waals surface area contributed by atoms with E-state index in [1.165, 1.54) is 7.11 Å². The Morgan fingerprint density at radius 2 is 1.96 bits per heavy atom. The highest BCUT2D eigenvalue weighted by Gasteiger charge is 2.47. The summed E-state index contributed by atoms with van der Waals surface area (Å²) < 4.78 is 5.17. The number of carbonyl (C=O) groups is 1. The van der Waals surface area contributed by atoms with E-state index in [9.17, 15) is 9.90 Å². The second-order valence-corrected chi connectivity index (χ2v) is 7.01. The molecule has 5 heteroatoms. The van der Waals surface area contributed by atoms with Crippen molar-refractivity contribution in [3.05, 3.63) is 59.7 Å². The number of ether oxygens (including phenoxy) is 1. The van der Waals surface area contributed by atoms with Crippen molar-refractivity contribution in [2.75, 3.05) is 13.7 Å². The zero-order valence-electron chi connectivity index (χ0n) is 15.0. The largest absolute Gasteiger partial charge is 0.504 e. The average molecular weight is 352 g/mol. The number of nitrogens with zero attached hydrogens (tertiary/aromatic N) is 2. The molecule has 0 aliphatic carbocycles. The predicted octanol–water partition coefficient (Wildman–Crippen LogP) is 3.30. The Kier molecular flexibility index (Phi) is 4.55. The molecule has 4 rings (SSSR count). The van der Waals surface area contributed by atoms with Crippen molar-refractivity contribution in [2.45, 2.75) is 38.0 Å². The van der Waals surface area contributed by atoms with E-state index in [2.05, 4.69) is 4.90 Å². The molecule has 0 spiro atoms. The number of piperidine rings is 1. The number of fused-ring (bicyclic) bond motifs is 1. The SMILES string of the molecule is COc1ccc([C@H]2N(Cc3ccccc3)C(=O)C3CCCCN32)cc1O. The molecule has 2 aromatic rings. The molecular formula is C21H24N2O3. The van der Waals surface area contributed by atoms with Gasteiger partial charge in [0, 0.05) is 13.1 Å². The molecular weight excluding hydrogens is 328 g/mol. The van der Waals surface area contributed by atoms with Gasteiger partial charge in [-0.3, -0.25) is 9.69 Å². The van der Waals surface area contributed by atoms with Crippen molar-refractivity contribution in [1.29, 1.82) is 0 Å². The fourth-order valence-corrected chi connectivity index (χ4v) is 4.19. The highest BCUT2D eigenvalue weighted by Crippen LogP contribution is 2.41. The first-order chi connectivity index (χ1) is 12.7. The fourth-order valence-electron chi connectivity index (χ4n) is 4.19. The lowest BCUT2D eigenvalue weighted by Crippen LogP contribution is -2.38. The molecule has 1 amide bonds. The Morgan fingerprint density at radius 3 is 2.69 bits per heavy atom. The molecule has 0 saturated carbocycles. The maximum absolute atomic E-state index is 13.1. The van der Waals surface area contributed by atoms with Crippen LogP contribution in [0.25, 0.3) is 0 Å². The number of aromatic hydroxyl groups is 1. The van der Waals surface area contributed by atoms with E-state index in [0.29, 0.717) is 12.3 Å². The number of hydrogen-bond donors (Lipinski definition) is 1. The maximum atomic E-state index is 13.1. The standard InChI is InChI=1S/C21H24N2O3/c1-26-19-11-10-16(13-18(19)24)20-22-12-6-5-9-17(22)21(25)23(20)14-15-7-3-2-4-8-15/h2-4,7-8,10-11,13,17,20,24H,5-6,9,12,14H2,1H3/t17?,20-/m1/s1. The lowest BCUT2D eigenvalue weighted by atomic mass is 10.0. The van der Waals surface area contributed by atoms with Crippen molar-refractivity contribution < 1.29 is 14.6 Å². The molecule has 0 aromatic heterocycles. The molecule has 1 N–H and O–H groups in total. The normalized spacial score (nSPS) is 23.1. The molecule has 26 heavy (non-hydrogen) atoms. The third kappa shape index (κ3) is 2.92. The molecule has 0 bridgehead atoms. The third-order valence-electron chi connectivity index (χ3n) is 5.42. The number of phenolic OH excluding ortho intramolecular Hbond substituents is 1. The first-order valence-corrected chi connectivity index (χ1v) is 9.16. The minimum atomic E-state index is -0.148. The van der Waals surface area contributed by atoms with Crippen molar-refractivity contribution >= 4 is 5.91 Å². The van der Waals surface area contributed by atoms with Gasteiger partial charge < -0.3 is 14.7 Å². The molecule has 5 nitrogen and oxygen atoms in total. The van der Waals surface area contributed by atoms with Gasteiger partial charge in [-0.15, -0.1) is 0 Å². The molecule has 2 aliphatic rings. The van der Waals surface area contributed by atoms with Crippen LogP contribution < -0.4 is 4.74 Å². The topological polar surface area (TPSA) is 53.0 Å². The number of benzene rings is 2. The van der Waals surface area contributed by atoms with Gasteiger partial charge in [-0.05, 0) is 36.1 Å². The summed E-state index contributed by atoms with van der Waals surface area (Å²) in [4.78, 5) is 17.4. The van der Waals surface area contributed by atoms with Gasteiger partial charge >= 0.3 is 0 Å². The van der Waals surface area contributed by atoms with Gasteiger partial charge in [0.2, 0.25) is 5.91 Å². The summed E-state index contributed by atoms with van der Waals surface area (Å²) in [5.41, 5.74) is 2.04. The molecule has 2 atom stereocenters. The summed E-state index contributed by atoms with van der Waals surface area (Å²) in [6.45, 7) is 1.48. The molecule has 0 radical (unpaired) electrons. The molecule has 136 valence electrons. The molecule has 2 aliphatic heterocycles. The monoisotopic (exact) mass is 352 g/mol. The van der Waals surface area contributed by atoms with Gasteiger partial charge in [0.1, 0.15) is 6.17 Å². The van der Waals surface area contributed by atoms with Crippen molar-refractivity contribution in [3.8, 4) is 11.5 Å². The van der Waals surface area contributed by atoms with E-state index in [0.717, 1.165) is 36.9 Å². The molecule has 1 unspecified atom stereocenters. The van der Waals surface area contributed by atoms with Crippen LogP contribution in [-0.4, -0.2) is 40.5 Å². The number of amides is 1. The molecule has 2 saturated heterocycles. The van der Waals surface area contributed by atoms with Gasteiger partial charge in [0.15, 0.2) is 11.5 Å². The van der Waals surface area contributed by atoms with Gasteiger partial charge in [-0.1, -0.05) is 42.8 Å². The van der Waals surface area contributed by atoms with Gasteiger partial charge in [0.25, 0.3) is 0 Å². The Morgan fingerprint density at radius 1 is 1.15 bits per heavy atom. The average Bonchev–Trinajstić information content (AvgIpc) is 2.95. The first kappa shape index (κ1) is 16.9. The van der Waals surface area contributed by atoms with Crippen molar-refractivity contribution in [3.63, 3.8) is 0 Å². The van der Waals surface area contributed by atoms with E-state index in [1.54, 1.807) is 12.1 Å². The molecule has 2 aromatic carbocycles. The zero-order valence-corrected chi connectivity index (χ0v) is 15.0. The van der Waals surface area contributed by atoms with Gasteiger partial charge in [0.05, 0.1) is 13.2 Å². The van der Waals surface area contributed by atoms with Crippen LogP contribution >= 0.6 is 0 Å². The molecule has 2 fully saturated rings. The minimum absolute atomic E-state index is 0.0540. The van der Waals surface area contributed by atoms with Crippen molar-refractivity contribution in [1.82, 2.24) is 9.80 Å². The number of carbonyl (C=O) groups excluding carboxylic acids is 1. The van der Waals surface area contributed by atoms with Crippen LogP contribution in [0.5, 0.6) is 11.5 Å². The van der Waals surface area contributed by atoms with Crippen LogP contribution in [0, 0.1) is 0 Å². The van der Waals surface area contributed by atoms with E-state index in [-0.39, 0.29) is 23.9 Å². The summed E-state index contributed by atoms with van der Waals surface area (Å²) in [5, 5.41) is 10.2. The third-order valence-corrected chi connectivity index (χ3v) is 5.42. The summed E-state index contributed by atoms with van der Waals surface area (Å²) in [6, 6.07) is 15.5. The van der Waals surface area contributed by atoms with Crippen LogP contribution in [0.3, 0.4) is 0 Å². The first-order valence-electron chi connectivity index (χ1n) is 9.16. The highest BCUT2D eigenvalue weighted by atomic mass is 16.5. The minimum Gasteiger partial charge on any atom is -0.504 e. The summed E-state index contributed by atoms with van der Waals surface area (Å²) in [5.74, 6) is 0.745. The second-order valence-electron chi connectivity index (χ2n) is 7.01. The zero-order chi connectivity index (χ0) is 18.1. The fraction of sp³-hybridized carbons (Fsp3) is 0.381. The number of hydrogen-bond acceptors (Lipinski definition) is 4. The van der Waals surface area contributed by atoms with Crippen LogP contribution in [0.15, 0.2) is 48.5 Å². The summed E-state index contributed by atoms with van der Waals surface area (Å²) in [6.07, 6.45) is 2.95. The molecule has 2 heterocycles. The van der Waals surface area contributed by atoms with Crippen LogP contribution in [0.2, 0.25) is 0 Å². The van der Waals surface area contributed by atoms with Crippen molar-refractivity contribution in [2.24, 2.45) is 0 Å². The highest BCUT2D eigenvalue weighted by molar-refractivity contribution is 5.84. The van der Waals surface area contributed by atoms with E-state index < -0.39 is 0 Å². The Balaban J connectivity index is 1.71. The van der Waals surface area contributed by atoms with E-state index in [1.807, 2.05) is 41.3 Å². The Hall–Kier alpha value is -2.53. The van der Waals surface area contributed by atoms with Crippen LogP contribution in [0.1, 0.15) is 36.6 Å². The predicted molar refractivity (Wildman–Crippen MR) is 98.7 cm³/mol.